The summed E-state index contributed by atoms with van der Waals surface area (Å²) >= 11 is 0. The van der Waals surface area contributed by atoms with Crippen LogP contribution in [0.15, 0.2) is 42.7 Å². The van der Waals surface area contributed by atoms with E-state index in [1.165, 1.54) is 6.42 Å². The number of nitrogens with one attached hydrogen (secondary N) is 2. The van der Waals surface area contributed by atoms with Gasteiger partial charge in [-0.2, -0.15) is 0 Å². The molecule has 2 amide bonds. The van der Waals surface area contributed by atoms with Gasteiger partial charge in [0.25, 0.3) is 5.91 Å². The van der Waals surface area contributed by atoms with Crippen molar-refractivity contribution in [2.24, 2.45) is 5.41 Å². The van der Waals surface area contributed by atoms with E-state index in [2.05, 4.69) is 20.5 Å². The van der Waals surface area contributed by atoms with E-state index < -0.39 is 0 Å². The standard InChI is InChI=1S/C24H32N4O2/c1-24(2,3)15-22(29)27-19-9-10-21(28-12-5-4-6-13-28)20(14-19)23(30)26-17-18-8-7-11-25-16-18/h7-11,14,16H,4-6,12-13,15,17H2,1-3H3,(H,26,30)(H,27,29). The number of nitrogens with zero attached hydrogens (tertiary/aromatic N) is 2. The Balaban J connectivity index is 1.80. The molecule has 1 aliphatic rings. The quantitative estimate of drug-likeness (QED) is 0.744. The van der Waals surface area contributed by atoms with E-state index in [4.69, 9.17) is 0 Å². The molecule has 6 nitrogen and oxygen atoms in total. The number of hydrogen-bond acceptors (Lipinski definition) is 4. The molecule has 2 N–H and O–H groups in total. The molecule has 0 radical (unpaired) electrons. The molecule has 0 spiro atoms. The second-order valence-electron chi connectivity index (χ2n) is 9.11. The lowest BCUT2D eigenvalue weighted by Gasteiger charge is -2.30. The van der Waals surface area contributed by atoms with Crippen LogP contribution in [0.1, 0.15) is 62.4 Å². The summed E-state index contributed by atoms with van der Waals surface area (Å²) in [6.45, 7) is 8.39. The normalized spacial score (nSPS) is 14.3. The zero-order chi connectivity index (χ0) is 21.6. The molecular weight excluding hydrogens is 376 g/mol. The Bertz CT molecular complexity index is 869. The van der Waals surface area contributed by atoms with Crippen molar-refractivity contribution < 1.29 is 9.59 Å². The molecule has 2 aromatic rings. The van der Waals surface area contributed by atoms with Crippen LogP contribution in [0.2, 0.25) is 0 Å². The van der Waals surface area contributed by atoms with Gasteiger partial charge < -0.3 is 15.5 Å². The van der Waals surface area contributed by atoms with E-state index >= 15 is 0 Å². The van der Waals surface area contributed by atoms with E-state index in [1.807, 2.05) is 45.0 Å². The van der Waals surface area contributed by atoms with Crippen LogP contribution in [0.3, 0.4) is 0 Å². The second kappa shape index (κ2) is 9.74. The molecule has 160 valence electrons. The van der Waals surface area contributed by atoms with Crippen LogP contribution in [0.5, 0.6) is 0 Å². The number of pyridine rings is 1. The molecule has 1 fully saturated rings. The number of aromatic nitrogens is 1. The zero-order valence-corrected chi connectivity index (χ0v) is 18.2. The van der Waals surface area contributed by atoms with Crippen molar-refractivity contribution >= 4 is 23.2 Å². The van der Waals surface area contributed by atoms with Crippen LogP contribution < -0.4 is 15.5 Å². The monoisotopic (exact) mass is 408 g/mol. The van der Waals surface area contributed by atoms with E-state index in [0.29, 0.717) is 24.2 Å². The number of carbonyl (C=O) groups excluding carboxylic acids is 2. The fourth-order valence-corrected chi connectivity index (χ4v) is 3.67. The average molecular weight is 409 g/mol. The molecule has 1 aliphatic heterocycles. The minimum Gasteiger partial charge on any atom is -0.371 e. The van der Waals surface area contributed by atoms with Gasteiger partial charge in [0.15, 0.2) is 0 Å². The highest BCUT2D eigenvalue weighted by Crippen LogP contribution is 2.28. The van der Waals surface area contributed by atoms with Gasteiger partial charge >= 0.3 is 0 Å². The van der Waals surface area contributed by atoms with Gasteiger partial charge in [-0.1, -0.05) is 26.8 Å². The minimum absolute atomic E-state index is 0.0464. The number of amides is 2. The Labute approximate surface area is 179 Å². The van der Waals surface area contributed by atoms with Crippen molar-refractivity contribution in [2.45, 2.75) is 53.0 Å². The molecule has 3 rings (SSSR count). The fourth-order valence-electron chi connectivity index (χ4n) is 3.67. The number of rotatable bonds is 6. The molecule has 0 bridgehead atoms. The Morgan fingerprint density at radius 2 is 1.87 bits per heavy atom. The second-order valence-corrected chi connectivity index (χ2v) is 9.11. The SMILES string of the molecule is CC(C)(C)CC(=O)Nc1ccc(N2CCCCC2)c(C(=O)NCc2cccnc2)c1. The third-order valence-electron chi connectivity index (χ3n) is 5.09. The summed E-state index contributed by atoms with van der Waals surface area (Å²) in [5, 5.41) is 5.95. The van der Waals surface area contributed by atoms with E-state index in [0.717, 1.165) is 37.2 Å². The van der Waals surface area contributed by atoms with Gasteiger partial charge in [-0.05, 0) is 54.5 Å². The van der Waals surface area contributed by atoms with Crippen molar-refractivity contribution in [3.8, 4) is 0 Å². The lowest BCUT2D eigenvalue weighted by atomic mass is 9.92. The lowest BCUT2D eigenvalue weighted by Crippen LogP contribution is -2.32. The number of anilines is 2. The molecule has 1 aromatic carbocycles. The summed E-state index contributed by atoms with van der Waals surface area (Å²) < 4.78 is 0. The molecule has 0 saturated carbocycles. The molecule has 30 heavy (non-hydrogen) atoms. The molecule has 0 atom stereocenters. The molecule has 2 heterocycles. The molecular formula is C24H32N4O2. The van der Waals surface area contributed by atoms with Crippen molar-refractivity contribution in [3.63, 3.8) is 0 Å². The predicted molar refractivity (Wildman–Crippen MR) is 121 cm³/mol. The Hall–Kier alpha value is -2.89. The van der Waals surface area contributed by atoms with Crippen molar-refractivity contribution in [3.05, 3.63) is 53.9 Å². The first-order valence-electron chi connectivity index (χ1n) is 10.7. The van der Waals surface area contributed by atoms with Crippen LogP contribution >= 0.6 is 0 Å². The highest BCUT2D eigenvalue weighted by atomic mass is 16.2. The first-order chi connectivity index (χ1) is 14.3. The van der Waals surface area contributed by atoms with Gasteiger partial charge in [0, 0.05) is 49.8 Å². The lowest BCUT2D eigenvalue weighted by molar-refractivity contribution is -0.117. The molecule has 0 unspecified atom stereocenters. The van der Waals surface area contributed by atoms with E-state index in [9.17, 15) is 9.59 Å². The van der Waals surface area contributed by atoms with E-state index in [1.54, 1.807) is 18.5 Å². The van der Waals surface area contributed by atoms with Gasteiger partial charge in [-0.3, -0.25) is 14.6 Å². The van der Waals surface area contributed by atoms with Crippen molar-refractivity contribution in [1.29, 1.82) is 0 Å². The number of carbonyl (C=O) groups is 2. The first kappa shape index (κ1) is 21.8. The smallest absolute Gasteiger partial charge is 0.253 e. The Morgan fingerprint density at radius 3 is 2.53 bits per heavy atom. The van der Waals surface area contributed by atoms with Gasteiger partial charge in [0.2, 0.25) is 5.91 Å². The minimum atomic E-state index is -0.147. The summed E-state index contributed by atoms with van der Waals surface area (Å²) in [4.78, 5) is 31.8. The third-order valence-corrected chi connectivity index (χ3v) is 5.09. The van der Waals surface area contributed by atoms with Crippen molar-refractivity contribution in [2.75, 3.05) is 23.3 Å². The largest absolute Gasteiger partial charge is 0.371 e. The van der Waals surface area contributed by atoms with Gasteiger partial charge in [0.05, 0.1) is 5.56 Å². The number of hydrogen-bond donors (Lipinski definition) is 2. The van der Waals surface area contributed by atoms with E-state index in [-0.39, 0.29) is 17.2 Å². The maximum absolute atomic E-state index is 13.1. The summed E-state index contributed by atoms with van der Waals surface area (Å²) in [6, 6.07) is 9.43. The highest BCUT2D eigenvalue weighted by Gasteiger charge is 2.21. The Kier molecular flexibility index (Phi) is 7.08. The van der Waals surface area contributed by atoms with Crippen LogP contribution in [0.4, 0.5) is 11.4 Å². The summed E-state index contributed by atoms with van der Waals surface area (Å²) in [5.74, 6) is -0.193. The topological polar surface area (TPSA) is 74.3 Å². The Morgan fingerprint density at radius 1 is 1.10 bits per heavy atom. The first-order valence-corrected chi connectivity index (χ1v) is 10.7. The van der Waals surface area contributed by atoms with Gasteiger partial charge in [0.1, 0.15) is 0 Å². The summed E-state index contributed by atoms with van der Waals surface area (Å²) in [7, 11) is 0. The molecule has 1 saturated heterocycles. The maximum atomic E-state index is 13.1. The summed E-state index contributed by atoms with van der Waals surface area (Å²) in [6.07, 6.45) is 7.35. The zero-order valence-electron chi connectivity index (χ0n) is 18.2. The number of piperidine rings is 1. The average Bonchev–Trinajstić information content (AvgIpc) is 2.72. The number of benzene rings is 1. The maximum Gasteiger partial charge on any atom is 0.253 e. The van der Waals surface area contributed by atoms with Crippen LogP contribution in [0, 0.1) is 5.41 Å². The van der Waals surface area contributed by atoms with Gasteiger partial charge in [-0.15, -0.1) is 0 Å². The molecule has 0 aliphatic carbocycles. The molecule has 1 aromatic heterocycles. The third kappa shape index (κ3) is 6.31. The van der Waals surface area contributed by atoms with Crippen LogP contribution in [-0.2, 0) is 11.3 Å². The van der Waals surface area contributed by atoms with Crippen molar-refractivity contribution in [1.82, 2.24) is 10.3 Å². The summed E-state index contributed by atoms with van der Waals surface area (Å²) in [5.41, 5.74) is 3.01. The molecule has 6 heteroatoms. The highest BCUT2D eigenvalue weighted by molar-refractivity contribution is 6.02. The van der Waals surface area contributed by atoms with Crippen LogP contribution in [0.25, 0.3) is 0 Å². The predicted octanol–water partition coefficient (Wildman–Crippen LogP) is 4.38. The van der Waals surface area contributed by atoms with Crippen LogP contribution in [-0.4, -0.2) is 29.9 Å². The fraction of sp³-hybridized carbons (Fsp3) is 0.458. The van der Waals surface area contributed by atoms with Gasteiger partial charge in [-0.25, -0.2) is 0 Å².